The predicted molar refractivity (Wildman–Crippen MR) is 74.6 cm³/mol. The van der Waals surface area contributed by atoms with Crippen LogP contribution in [0.5, 0.6) is 0 Å². The van der Waals surface area contributed by atoms with Crippen molar-refractivity contribution in [3.63, 3.8) is 0 Å². The molecular formula is C13H26N6. The van der Waals surface area contributed by atoms with E-state index >= 15 is 0 Å². The molecule has 1 heterocycles. The lowest BCUT2D eigenvalue weighted by molar-refractivity contribution is 0.164. The molecule has 0 amide bonds. The molecule has 1 aliphatic rings. The molecule has 19 heavy (non-hydrogen) atoms. The van der Waals surface area contributed by atoms with Crippen molar-refractivity contribution in [2.24, 2.45) is 7.05 Å². The summed E-state index contributed by atoms with van der Waals surface area (Å²) < 4.78 is 0. The zero-order valence-corrected chi connectivity index (χ0v) is 12.3. The Morgan fingerprint density at radius 2 is 2.05 bits per heavy atom. The first kappa shape index (κ1) is 14.4. The third-order valence-corrected chi connectivity index (χ3v) is 3.94. The minimum absolute atomic E-state index is 0.656. The summed E-state index contributed by atoms with van der Waals surface area (Å²) in [5.74, 6) is 0.816. The van der Waals surface area contributed by atoms with Gasteiger partial charge in [0.25, 0.3) is 0 Å². The van der Waals surface area contributed by atoms with Gasteiger partial charge in [0, 0.05) is 12.1 Å². The van der Waals surface area contributed by atoms with Gasteiger partial charge in [-0.3, -0.25) is 4.90 Å². The molecular weight excluding hydrogens is 240 g/mol. The number of hydrogen-bond donors (Lipinski definition) is 1. The highest BCUT2D eigenvalue weighted by Crippen LogP contribution is 2.23. The zero-order valence-electron chi connectivity index (χ0n) is 12.3. The van der Waals surface area contributed by atoms with Crippen LogP contribution in [0.1, 0.15) is 44.9 Å². The summed E-state index contributed by atoms with van der Waals surface area (Å²) in [6.45, 7) is 4.17. The van der Waals surface area contributed by atoms with Crippen LogP contribution in [0.15, 0.2) is 0 Å². The highest BCUT2D eigenvalue weighted by molar-refractivity contribution is 4.84. The number of rotatable bonds is 6. The summed E-state index contributed by atoms with van der Waals surface area (Å²) in [5, 5.41) is 15.8. The van der Waals surface area contributed by atoms with E-state index in [0.717, 1.165) is 25.0 Å². The fourth-order valence-electron chi connectivity index (χ4n) is 2.81. The largest absolute Gasteiger partial charge is 0.314 e. The van der Waals surface area contributed by atoms with Gasteiger partial charge in [-0.05, 0) is 50.9 Å². The standard InChI is InChI=1S/C13H26N6/c1-4-9-14-11-5-7-12(8-6-11)18(2)10-13-15-17-19(3)16-13/h11-12,14H,4-10H2,1-3H3. The smallest absolute Gasteiger partial charge is 0.188 e. The molecule has 6 nitrogen and oxygen atoms in total. The molecule has 0 bridgehead atoms. The molecule has 1 saturated carbocycles. The van der Waals surface area contributed by atoms with E-state index in [1.807, 2.05) is 0 Å². The van der Waals surface area contributed by atoms with Crippen LogP contribution in [0.3, 0.4) is 0 Å². The molecule has 6 heteroatoms. The van der Waals surface area contributed by atoms with Crippen LogP contribution in [0.4, 0.5) is 0 Å². The van der Waals surface area contributed by atoms with E-state index in [2.05, 4.69) is 39.6 Å². The second-order valence-electron chi connectivity index (χ2n) is 5.57. The lowest BCUT2D eigenvalue weighted by atomic mass is 9.90. The molecule has 0 unspecified atom stereocenters. The van der Waals surface area contributed by atoms with Gasteiger partial charge in [0.2, 0.25) is 0 Å². The van der Waals surface area contributed by atoms with Crippen molar-refractivity contribution in [2.45, 2.75) is 57.7 Å². The molecule has 0 spiro atoms. The lowest BCUT2D eigenvalue weighted by Gasteiger charge is -2.34. The Hall–Kier alpha value is -1.01. The average molecular weight is 266 g/mol. The molecule has 0 saturated heterocycles. The molecule has 0 atom stereocenters. The van der Waals surface area contributed by atoms with Crippen LogP contribution in [-0.4, -0.2) is 50.8 Å². The summed E-state index contributed by atoms with van der Waals surface area (Å²) in [6, 6.07) is 1.38. The second kappa shape index (κ2) is 6.96. The maximum Gasteiger partial charge on any atom is 0.188 e. The maximum absolute atomic E-state index is 4.24. The fourth-order valence-corrected chi connectivity index (χ4v) is 2.81. The minimum atomic E-state index is 0.656. The zero-order chi connectivity index (χ0) is 13.7. The van der Waals surface area contributed by atoms with Crippen LogP contribution in [0.25, 0.3) is 0 Å². The Bertz CT molecular complexity index is 369. The molecule has 1 fully saturated rings. The SMILES string of the molecule is CCCNC1CCC(N(C)Cc2nnn(C)n2)CC1. The highest BCUT2D eigenvalue weighted by atomic mass is 15.6. The van der Waals surface area contributed by atoms with E-state index in [9.17, 15) is 0 Å². The number of hydrogen-bond acceptors (Lipinski definition) is 5. The van der Waals surface area contributed by atoms with Crippen molar-refractivity contribution < 1.29 is 0 Å². The Kier molecular flexibility index (Phi) is 5.27. The van der Waals surface area contributed by atoms with E-state index in [0.29, 0.717) is 6.04 Å². The van der Waals surface area contributed by atoms with Gasteiger partial charge < -0.3 is 5.32 Å². The van der Waals surface area contributed by atoms with Crippen LogP contribution in [0.2, 0.25) is 0 Å². The van der Waals surface area contributed by atoms with E-state index in [1.165, 1.54) is 36.9 Å². The normalized spacial score (nSPS) is 24.0. The quantitative estimate of drug-likeness (QED) is 0.831. The van der Waals surface area contributed by atoms with Gasteiger partial charge in [-0.15, -0.1) is 10.2 Å². The van der Waals surface area contributed by atoms with Crippen LogP contribution >= 0.6 is 0 Å². The minimum Gasteiger partial charge on any atom is -0.314 e. The van der Waals surface area contributed by atoms with Gasteiger partial charge in [-0.2, -0.15) is 4.80 Å². The van der Waals surface area contributed by atoms with Crippen molar-refractivity contribution in [2.75, 3.05) is 13.6 Å². The maximum atomic E-state index is 4.24. The number of nitrogens with one attached hydrogen (secondary N) is 1. The van der Waals surface area contributed by atoms with Gasteiger partial charge in [0.15, 0.2) is 5.82 Å². The molecule has 2 rings (SSSR count). The van der Waals surface area contributed by atoms with Crippen LogP contribution < -0.4 is 5.32 Å². The summed E-state index contributed by atoms with van der Waals surface area (Å²) in [5.41, 5.74) is 0. The number of tetrazole rings is 1. The predicted octanol–water partition coefficient (Wildman–Crippen LogP) is 0.953. The van der Waals surface area contributed by atoms with Crippen molar-refractivity contribution in [1.29, 1.82) is 0 Å². The summed E-state index contributed by atoms with van der Waals surface area (Å²) in [4.78, 5) is 3.89. The summed E-state index contributed by atoms with van der Waals surface area (Å²) in [6.07, 6.45) is 6.31. The topological polar surface area (TPSA) is 58.9 Å². The monoisotopic (exact) mass is 266 g/mol. The molecule has 1 aliphatic carbocycles. The third-order valence-electron chi connectivity index (χ3n) is 3.94. The van der Waals surface area contributed by atoms with Gasteiger partial charge in [0.1, 0.15) is 0 Å². The van der Waals surface area contributed by atoms with Crippen LogP contribution in [-0.2, 0) is 13.6 Å². The first-order valence-electron chi connectivity index (χ1n) is 7.35. The Labute approximate surface area is 115 Å². The second-order valence-corrected chi connectivity index (χ2v) is 5.57. The summed E-state index contributed by atoms with van der Waals surface area (Å²) >= 11 is 0. The van der Waals surface area contributed by atoms with E-state index < -0.39 is 0 Å². The van der Waals surface area contributed by atoms with Crippen molar-refractivity contribution in [1.82, 2.24) is 30.4 Å². The Morgan fingerprint density at radius 3 is 2.63 bits per heavy atom. The molecule has 1 aromatic rings. The van der Waals surface area contributed by atoms with Gasteiger partial charge >= 0.3 is 0 Å². The van der Waals surface area contributed by atoms with E-state index in [-0.39, 0.29) is 0 Å². The van der Waals surface area contributed by atoms with Gasteiger partial charge in [-0.1, -0.05) is 6.92 Å². The third kappa shape index (κ3) is 4.24. The molecule has 1 N–H and O–H groups in total. The first-order chi connectivity index (χ1) is 9.19. The molecule has 0 radical (unpaired) electrons. The van der Waals surface area contributed by atoms with E-state index in [1.54, 1.807) is 7.05 Å². The van der Waals surface area contributed by atoms with Crippen LogP contribution in [0, 0.1) is 0 Å². The van der Waals surface area contributed by atoms with Crippen molar-refractivity contribution >= 4 is 0 Å². The number of aromatic nitrogens is 4. The molecule has 108 valence electrons. The lowest BCUT2D eigenvalue weighted by Crippen LogP contribution is -2.40. The summed E-state index contributed by atoms with van der Waals surface area (Å²) in [7, 11) is 3.97. The molecule has 1 aromatic heterocycles. The first-order valence-corrected chi connectivity index (χ1v) is 7.35. The number of aryl methyl sites for hydroxylation is 1. The van der Waals surface area contributed by atoms with Gasteiger partial charge in [-0.25, -0.2) is 0 Å². The van der Waals surface area contributed by atoms with Gasteiger partial charge in [0.05, 0.1) is 13.6 Å². The number of nitrogens with zero attached hydrogens (tertiary/aromatic N) is 5. The van der Waals surface area contributed by atoms with E-state index in [4.69, 9.17) is 0 Å². The fraction of sp³-hybridized carbons (Fsp3) is 0.923. The Balaban J connectivity index is 1.74. The molecule has 0 aliphatic heterocycles. The molecule has 0 aromatic carbocycles. The van der Waals surface area contributed by atoms with Crippen molar-refractivity contribution in [3.8, 4) is 0 Å². The van der Waals surface area contributed by atoms with Crippen molar-refractivity contribution in [3.05, 3.63) is 5.82 Å². The average Bonchev–Trinajstić information content (AvgIpc) is 2.82. The Morgan fingerprint density at radius 1 is 1.32 bits per heavy atom. The highest BCUT2D eigenvalue weighted by Gasteiger charge is 2.24.